The maximum atomic E-state index is 6.35. The molecule has 0 bridgehead atoms. The summed E-state index contributed by atoms with van der Waals surface area (Å²) in [4.78, 5) is 13.1. The van der Waals surface area contributed by atoms with Crippen LogP contribution in [0.4, 0.5) is 5.95 Å². The van der Waals surface area contributed by atoms with Crippen LogP contribution in [0.15, 0.2) is 12.4 Å². The van der Waals surface area contributed by atoms with Gasteiger partial charge in [-0.3, -0.25) is 4.98 Å². The number of ether oxygens (including phenoxy) is 1. The highest BCUT2D eigenvalue weighted by Crippen LogP contribution is 2.30. The van der Waals surface area contributed by atoms with Gasteiger partial charge in [-0.25, -0.2) is 4.98 Å². The van der Waals surface area contributed by atoms with Crippen molar-refractivity contribution in [3.8, 4) is 5.75 Å². The minimum absolute atomic E-state index is 0.151. The summed E-state index contributed by atoms with van der Waals surface area (Å²) in [5.41, 5.74) is 16.2. The average Bonchev–Trinajstić information content (AvgIpc) is 2.93. The van der Waals surface area contributed by atoms with E-state index in [1.807, 2.05) is 30.8 Å². The fraction of sp³-hybridized carbons (Fsp3) is 0.389. The molecule has 26 heavy (non-hydrogen) atoms. The van der Waals surface area contributed by atoms with Crippen molar-refractivity contribution in [1.29, 1.82) is 0 Å². The number of aromatic nitrogens is 4. The fourth-order valence-corrected chi connectivity index (χ4v) is 3.52. The Labute approximate surface area is 157 Å². The molecule has 0 aliphatic rings. The third kappa shape index (κ3) is 3.32. The number of halogens is 1. The number of anilines is 1. The van der Waals surface area contributed by atoms with Crippen LogP contribution in [0.1, 0.15) is 28.8 Å². The third-order valence-electron chi connectivity index (χ3n) is 4.49. The SMILES string of the molecule is COc1c(C)cnc(Cn2cc(CCCN)c3c(Cl)nc(N)nc32)c1C. The van der Waals surface area contributed by atoms with Crippen molar-refractivity contribution in [1.82, 2.24) is 19.5 Å². The number of hydrogen-bond acceptors (Lipinski definition) is 6. The summed E-state index contributed by atoms with van der Waals surface area (Å²) in [5.74, 6) is 1.00. The van der Waals surface area contributed by atoms with E-state index in [-0.39, 0.29) is 5.95 Å². The van der Waals surface area contributed by atoms with Crippen LogP contribution in [0.3, 0.4) is 0 Å². The quantitative estimate of drug-likeness (QED) is 0.642. The van der Waals surface area contributed by atoms with Gasteiger partial charge in [0.1, 0.15) is 16.5 Å². The largest absolute Gasteiger partial charge is 0.496 e. The Morgan fingerprint density at radius 3 is 2.73 bits per heavy atom. The van der Waals surface area contributed by atoms with E-state index < -0.39 is 0 Å². The molecule has 0 fully saturated rings. The molecule has 0 atom stereocenters. The summed E-state index contributed by atoms with van der Waals surface area (Å²) < 4.78 is 7.52. The Kier molecular flexibility index (Phi) is 5.29. The van der Waals surface area contributed by atoms with Crippen molar-refractivity contribution in [2.24, 2.45) is 5.73 Å². The van der Waals surface area contributed by atoms with Crippen molar-refractivity contribution >= 4 is 28.6 Å². The van der Waals surface area contributed by atoms with Crippen molar-refractivity contribution < 1.29 is 4.74 Å². The summed E-state index contributed by atoms with van der Waals surface area (Å²) in [6.45, 7) is 5.13. The molecule has 0 aliphatic heterocycles. The van der Waals surface area contributed by atoms with E-state index >= 15 is 0 Å². The minimum Gasteiger partial charge on any atom is -0.496 e. The lowest BCUT2D eigenvalue weighted by Crippen LogP contribution is -2.07. The molecule has 0 saturated heterocycles. The molecule has 0 spiro atoms. The molecule has 0 amide bonds. The first-order valence-electron chi connectivity index (χ1n) is 8.46. The molecule has 3 rings (SSSR count). The van der Waals surface area contributed by atoms with Crippen LogP contribution in [-0.2, 0) is 13.0 Å². The van der Waals surface area contributed by atoms with E-state index in [2.05, 4.69) is 15.0 Å². The number of rotatable bonds is 6. The normalized spacial score (nSPS) is 11.3. The van der Waals surface area contributed by atoms with Crippen LogP contribution in [0, 0.1) is 13.8 Å². The first-order chi connectivity index (χ1) is 12.5. The zero-order valence-electron chi connectivity index (χ0n) is 15.2. The summed E-state index contributed by atoms with van der Waals surface area (Å²) in [6, 6.07) is 0. The third-order valence-corrected chi connectivity index (χ3v) is 4.76. The molecule has 8 heteroatoms. The summed E-state index contributed by atoms with van der Waals surface area (Å²) in [6.07, 6.45) is 5.51. The van der Waals surface area contributed by atoms with Crippen LogP contribution >= 0.6 is 11.6 Å². The molecule has 3 heterocycles. The number of hydrogen-bond donors (Lipinski definition) is 2. The number of methoxy groups -OCH3 is 1. The molecular formula is C18H23ClN6O. The summed E-state index contributed by atoms with van der Waals surface area (Å²) in [5, 5.41) is 1.19. The van der Waals surface area contributed by atoms with Gasteiger partial charge in [0.2, 0.25) is 5.95 Å². The van der Waals surface area contributed by atoms with E-state index in [1.165, 1.54) is 0 Å². The van der Waals surface area contributed by atoms with E-state index in [0.29, 0.717) is 23.9 Å². The number of nitrogen functional groups attached to an aromatic ring is 1. The Bertz CT molecular complexity index is 953. The van der Waals surface area contributed by atoms with Gasteiger partial charge in [-0.15, -0.1) is 0 Å². The summed E-state index contributed by atoms with van der Waals surface area (Å²) >= 11 is 6.35. The molecule has 4 N–H and O–H groups in total. The summed E-state index contributed by atoms with van der Waals surface area (Å²) in [7, 11) is 1.67. The van der Waals surface area contributed by atoms with E-state index in [0.717, 1.165) is 46.4 Å². The van der Waals surface area contributed by atoms with E-state index in [4.69, 9.17) is 27.8 Å². The van der Waals surface area contributed by atoms with Crippen LogP contribution in [-0.4, -0.2) is 33.2 Å². The molecule has 0 unspecified atom stereocenters. The molecule has 0 radical (unpaired) electrons. The van der Waals surface area contributed by atoms with E-state index in [9.17, 15) is 0 Å². The smallest absolute Gasteiger partial charge is 0.223 e. The van der Waals surface area contributed by atoms with Gasteiger partial charge in [-0.2, -0.15) is 4.98 Å². The Morgan fingerprint density at radius 1 is 1.27 bits per heavy atom. The molecule has 0 aromatic carbocycles. The fourth-order valence-electron chi connectivity index (χ4n) is 3.23. The first-order valence-corrected chi connectivity index (χ1v) is 8.83. The number of pyridine rings is 1. The van der Waals surface area contributed by atoms with Gasteiger partial charge in [-0.1, -0.05) is 11.6 Å². The molecule has 3 aromatic heterocycles. The van der Waals surface area contributed by atoms with Crippen molar-refractivity contribution in [2.45, 2.75) is 33.2 Å². The lowest BCUT2D eigenvalue weighted by Gasteiger charge is -2.13. The monoisotopic (exact) mass is 374 g/mol. The second-order valence-electron chi connectivity index (χ2n) is 6.29. The highest BCUT2D eigenvalue weighted by molar-refractivity contribution is 6.34. The van der Waals surface area contributed by atoms with Gasteiger partial charge < -0.3 is 20.8 Å². The molecule has 7 nitrogen and oxygen atoms in total. The van der Waals surface area contributed by atoms with Crippen molar-refractivity contribution in [3.63, 3.8) is 0 Å². The van der Waals surface area contributed by atoms with Crippen LogP contribution in [0.25, 0.3) is 11.0 Å². The standard InChI is InChI=1S/C18H23ClN6O/c1-10-7-22-13(11(2)15(10)26-3)9-25-8-12(5-4-6-20)14-16(19)23-18(21)24-17(14)25/h7-8H,4-6,9,20H2,1-3H3,(H2,21,23,24). The minimum atomic E-state index is 0.151. The van der Waals surface area contributed by atoms with Gasteiger partial charge in [0.05, 0.1) is 24.7 Å². The molecule has 0 aliphatic carbocycles. The first kappa shape index (κ1) is 18.4. The molecule has 138 valence electrons. The maximum absolute atomic E-state index is 6.35. The molecule has 3 aromatic rings. The van der Waals surface area contributed by atoms with Gasteiger partial charge in [0, 0.05) is 23.5 Å². The van der Waals surface area contributed by atoms with Crippen LogP contribution in [0.5, 0.6) is 5.75 Å². The average molecular weight is 375 g/mol. The van der Waals surface area contributed by atoms with Crippen molar-refractivity contribution in [2.75, 3.05) is 19.4 Å². The Morgan fingerprint density at radius 2 is 2.04 bits per heavy atom. The number of nitrogens with zero attached hydrogens (tertiary/aromatic N) is 4. The number of aryl methyl sites for hydroxylation is 2. The highest BCUT2D eigenvalue weighted by atomic mass is 35.5. The Hall–Kier alpha value is -2.38. The second kappa shape index (κ2) is 7.47. The maximum Gasteiger partial charge on any atom is 0.223 e. The number of fused-ring (bicyclic) bond motifs is 1. The van der Waals surface area contributed by atoms with Crippen LogP contribution in [0.2, 0.25) is 5.15 Å². The van der Waals surface area contributed by atoms with Gasteiger partial charge >= 0.3 is 0 Å². The van der Waals surface area contributed by atoms with E-state index in [1.54, 1.807) is 7.11 Å². The van der Waals surface area contributed by atoms with Crippen molar-refractivity contribution in [3.05, 3.63) is 39.9 Å². The van der Waals surface area contributed by atoms with Gasteiger partial charge in [0.25, 0.3) is 0 Å². The van der Waals surface area contributed by atoms with Gasteiger partial charge in [0.15, 0.2) is 0 Å². The highest BCUT2D eigenvalue weighted by Gasteiger charge is 2.17. The zero-order chi connectivity index (χ0) is 18.8. The molecule has 0 saturated carbocycles. The Balaban J connectivity index is 2.11. The lowest BCUT2D eigenvalue weighted by molar-refractivity contribution is 0.406. The molecular weight excluding hydrogens is 352 g/mol. The topological polar surface area (TPSA) is 105 Å². The number of nitrogens with two attached hydrogens (primary N) is 2. The lowest BCUT2D eigenvalue weighted by atomic mass is 10.1. The van der Waals surface area contributed by atoms with Gasteiger partial charge in [-0.05, 0) is 38.8 Å². The zero-order valence-corrected chi connectivity index (χ0v) is 16.0. The predicted octanol–water partition coefficient (Wildman–Crippen LogP) is 2.63. The predicted molar refractivity (Wildman–Crippen MR) is 104 cm³/mol. The second-order valence-corrected chi connectivity index (χ2v) is 6.65. The van der Waals surface area contributed by atoms with Crippen LogP contribution < -0.4 is 16.2 Å².